The molecule has 7 nitrogen and oxygen atoms in total. The van der Waals surface area contributed by atoms with E-state index < -0.39 is 18.0 Å². The molecule has 0 spiro atoms. The Labute approximate surface area is 175 Å². The summed E-state index contributed by atoms with van der Waals surface area (Å²) in [4.78, 5) is 36.1. The maximum atomic E-state index is 12.1. The highest BCUT2D eigenvalue weighted by Crippen LogP contribution is 2.44. The Morgan fingerprint density at radius 3 is 2.20 bits per heavy atom. The topological polar surface area (TPSA) is 95.9 Å². The SMILES string of the molecule is CC(CCNC(=O)OCC1c2ccccc2-c2ccccc21)C(=O)N(C)CC(=O)O. The maximum absolute atomic E-state index is 12.1. The van der Waals surface area contributed by atoms with Gasteiger partial charge in [-0.15, -0.1) is 0 Å². The highest BCUT2D eigenvalue weighted by Gasteiger charge is 2.29. The molecule has 2 N–H and O–H groups in total. The number of likely N-dealkylation sites (N-methyl/N-ethyl adjacent to an activating group) is 1. The van der Waals surface area contributed by atoms with E-state index in [9.17, 15) is 14.4 Å². The van der Waals surface area contributed by atoms with Crippen LogP contribution in [0.1, 0.15) is 30.4 Å². The molecular weight excluding hydrogens is 384 g/mol. The predicted octanol–water partition coefficient (Wildman–Crippen LogP) is 3.09. The van der Waals surface area contributed by atoms with E-state index >= 15 is 0 Å². The molecule has 0 bridgehead atoms. The first-order valence-corrected chi connectivity index (χ1v) is 9.94. The number of aliphatic carboxylic acids is 1. The van der Waals surface area contributed by atoms with Gasteiger partial charge in [0.15, 0.2) is 0 Å². The highest BCUT2D eigenvalue weighted by atomic mass is 16.5. The van der Waals surface area contributed by atoms with Gasteiger partial charge < -0.3 is 20.1 Å². The molecule has 1 aliphatic carbocycles. The summed E-state index contributed by atoms with van der Waals surface area (Å²) in [7, 11) is 1.45. The number of nitrogens with zero attached hydrogens (tertiary/aromatic N) is 1. The molecule has 2 aromatic rings. The second-order valence-corrected chi connectivity index (χ2v) is 7.53. The van der Waals surface area contributed by atoms with Crippen LogP contribution < -0.4 is 5.32 Å². The Hall–Kier alpha value is -3.35. The minimum Gasteiger partial charge on any atom is -0.480 e. The van der Waals surface area contributed by atoms with Gasteiger partial charge in [0, 0.05) is 25.4 Å². The number of carboxylic acids is 1. The molecule has 1 aliphatic rings. The third-order valence-electron chi connectivity index (χ3n) is 5.36. The zero-order chi connectivity index (χ0) is 21.7. The number of alkyl carbamates (subject to hydrolysis) is 1. The lowest BCUT2D eigenvalue weighted by Gasteiger charge is -2.19. The monoisotopic (exact) mass is 410 g/mol. The third kappa shape index (κ3) is 4.79. The van der Waals surface area contributed by atoms with Crippen LogP contribution >= 0.6 is 0 Å². The average Bonchev–Trinajstić information content (AvgIpc) is 3.05. The average molecular weight is 410 g/mol. The quantitative estimate of drug-likeness (QED) is 0.697. The molecule has 0 saturated heterocycles. The fourth-order valence-electron chi connectivity index (χ4n) is 3.82. The van der Waals surface area contributed by atoms with E-state index in [2.05, 4.69) is 29.6 Å². The summed E-state index contributed by atoms with van der Waals surface area (Å²) in [5, 5.41) is 11.4. The van der Waals surface area contributed by atoms with Crippen molar-refractivity contribution in [2.75, 3.05) is 26.7 Å². The molecule has 30 heavy (non-hydrogen) atoms. The van der Waals surface area contributed by atoms with Crippen LogP contribution in [0.2, 0.25) is 0 Å². The lowest BCUT2D eigenvalue weighted by atomic mass is 9.98. The first kappa shape index (κ1) is 21.4. The molecule has 0 aromatic heterocycles. The molecule has 158 valence electrons. The molecule has 0 aliphatic heterocycles. The Morgan fingerprint density at radius 2 is 1.63 bits per heavy atom. The molecule has 1 atom stereocenters. The molecule has 0 radical (unpaired) electrons. The van der Waals surface area contributed by atoms with E-state index in [0.717, 1.165) is 11.1 Å². The van der Waals surface area contributed by atoms with Crippen LogP contribution in [0.25, 0.3) is 11.1 Å². The largest absolute Gasteiger partial charge is 0.480 e. The van der Waals surface area contributed by atoms with E-state index in [1.807, 2.05) is 24.3 Å². The number of carboxylic acid groups (broad SMARTS) is 1. The van der Waals surface area contributed by atoms with Gasteiger partial charge in [-0.05, 0) is 28.7 Å². The molecule has 2 amide bonds. The van der Waals surface area contributed by atoms with Crippen molar-refractivity contribution in [2.45, 2.75) is 19.3 Å². The first-order chi connectivity index (χ1) is 14.4. The standard InChI is InChI=1S/C23H26N2O5/c1-15(22(28)25(2)13-21(26)27)11-12-24-23(29)30-14-20-18-9-5-3-7-16(18)17-8-4-6-10-19(17)20/h3-10,15,20H,11-14H2,1-2H3,(H,24,29)(H,26,27). The molecule has 7 heteroatoms. The van der Waals surface area contributed by atoms with Crippen LogP contribution in [0, 0.1) is 5.92 Å². The number of nitrogens with one attached hydrogen (secondary N) is 1. The number of ether oxygens (including phenoxy) is 1. The number of carbonyl (C=O) groups is 3. The minimum atomic E-state index is -1.06. The summed E-state index contributed by atoms with van der Waals surface area (Å²) in [6, 6.07) is 16.2. The predicted molar refractivity (Wildman–Crippen MR) is 112 cm³/mol. The van der Waals surface area contributed by atoms with E-state index in [-0.39, 0.29) is 31.5 Å². The van der Waals surface area contributed by atoms with Gasteiger partial charge in [0.25, 0.3) is 0 Å². The zero-order valence-electron chi connectivity index (χ0n) is 17.1. The lowest BCUT2D eigenvalue weighted by molar-refractivity contribution is -0.145. The number of fused-ring (bicyclic) bond motifs is 3. The van der Waals surface area contributed by atoms with E-state index in [0.29, 0.717) is 6.42 Å². The Morgan fingerprint density at radius 1 is 1.07 bits per heavy atom. The summed E-state index contributed by atoms with van der Waals surface area (Å²) in [5.41, 5.74) is 4.62. The molecule has 0 heterocycles. The molecular formula is C23H26N2O5. The summed E-state index contributed by atoms with van der Waals surface area (Å²) in [6.45, 7) is 1.86. The van der Waals surface area contributed by atoms with Gasteiger partial charge in [0.1, 0.15) is 13.2 Å². The van der Waals surface area contributed by atoms with E-state index in [1.165, 1.54) is 23.1 Å². The number of hydrogen-bond donors (Lipinski definition) is 2. The van der Waals surface area contributed by atoms with Crippen LogP contribution in [0.4, 0.5) is 4.79 Å². The maximum Gasteiger partial charge on any atom is 0.407 e. The van der Waals surface area contributed by atoms with Crippen molar-refractivity contribution in [3.05, 3.63) is 59.7 Å². The van der Waals surface area contributed by atoms with Crippen LogP contribution in [0.5, 0.6) is 0 Å². The van der Waals surface area contributed by atoms with Crippen molar-refractivity contribution < 1.29 is 24.2 Å². The van der Waals surface area contributed by atoms with Gasteiger partial charge in [0.05, 0.1) is 0 Å². The van der Waals surface area contributed by atoms with Gasteiger partial charge in [-0.25, -0.2) is 4.79 Å². The second kappa shape index (κ2) is 9.43. The van der Waals surface area contributed by atoms with Crippen LogP contribution in [0.15, 0.2) is 48.5 Å². The van der Waals surface area contributed by atoms with Gasteiger partial charge in [0.2, 0.25) is 5.91 Å². The molecule has 0 saturated carbocycles. The molecule has 3 rings (SSSR count). The van der Waals surface area contributed by atoms with Crippen molar-refractivity contribution in [1.29, 1.82) is 0 Å². The number of hydrogen-bond acceptors (Lipinski definition) is 4. The smallest absolute Gasteiger partial charge is 0.407 e. The molecule has 1 unspecified atom stereocenters. The van der Waals surface area contributed by atoms with Gasteiger partial charge >= 0.3 is 12.1 Å². The Bertz CT molecular complexity index is 897. The highest BCUT2D eigenvalue weighted by molar-refractivity contribution is 5.82. The van der Waals surface area contributed by atoms with Crippen LogP contribution in [0.3, 0.4) is 0 Å². The summed E-state index contributed by atoms with van der Waals surface area (Å²) < 4.78 is 5.46. The number of rotatable bonds is 8. The van der Waals surface area contributed by atoms with E-state index in [1.54, 1.807) is 6.92 Å². The molecule has 2 aromatic carbocycles. The first-order valence-electron chi connectivity index (χ1n) is 9.94. The van der Waals surface area contributed by atoms with Crippen molar-refractivity contribution >= 4 is 18.0 Å². The summed E-state index contributed by atoms with van der Waals surface area (Å²) in [5.74, 6) is -1.74. The number of benzene rings is 2. The van der Waals surface area contributed by atoms with Crippen molar-refractivity contribution in [3.8, 4) is 11.1 Å². The zero-order valence-corrected chi connectivity index (χ0v) is 17.1. The van der Waals surface area contributed by atoms with Crippen molar-refractivity contribution in [1.82, 2.24) is 10.2 Å². The Kier molecular flexibility index (Phi) is 6.72. The fourth-order valence-corrected chi connectivity index (χ4v) is 3.82. The van der Waals surface area contributed by atoms with Gasteiger partial charge in [-0.1, -0.05) is 55.5 Å². The van der Waals surface area contributed by atoms with Gasteiger partial charge in [-0.3, -0.25) is 9.59 Å². The summed E-state index contributed by atoms with van der Waals surface area (Å²) >= 11 is 0. The number of carbonyl (C=O) groups excluding carboxylic acids is 2. The second-order valence-electron chi connectivity index (χ2n) is 7.53. The fraction of sp³-hybridized carbons (Fsp3) is 0.348. The minimum absolute atomic E-state index is 0.00619. The van der Waals surface area contributed by atoms with E-state index in [4.69, 9.17) is 9.84 Å². The molecule has 0 fully saturated rings. The van der Waals surface area contributed by atoms with Gasteiger partial charge in [-0.2, -0.15) is 0 Å². The Balaban J connectivity index is 1.49. The third-order valence-corrected chi connectivity index (χ3v) is 5.36. The van der Waals surface area contributed by atoms with Crippen molar-refractivity contribution in [2.24, 2.45) is 5.92 Å². The van der Waals surface area contributed by atoms with Crippen LogP contribution in [-0.4, -0.2) is 54.7 Å². The van der Waals surface area contributed by atoms with Crippen molar-refractivity contribution in [3.63, 3.8) is 0 Å². The number of amides is 2. The summed E-state index contributed by atoms with van der Waals surface area (Å²) in [6.07, 6.45) is -0.136. The van der Waals surface area contributed by atoms with Crippen LogP contribution in [-0.2, 0) is 14.3 Å². The normalized spacial score (nSPS) is 13.1. The lowest BCUT2D eigenvalue weighted by Crippen LogP contribution is -2.37.